The van der Waals surface area contributed by atoms with Crippen molar-refractivity contribution in [2.24, 2.45) is 0 Å². The third kappa shape index (κ3) is 4.88. The van der Waals surface area contributed by atoms with E-state index in [4.69, 9.17) is 13.7 Å². The molecule has 2 aromatic rings. The van der Waals surface area contributed by atoms with Crippen molar-refractivity contribution < 1.29 is 18.2 Å². The summed E-state index contributed by atoms with van der Waals surface area (Å²) < 4.78 is 29.5. The van der Waals surface area contributed by atoms with Gasteiger partial charge in [-0.2, -0.15) is 9.69 Å². The molecule has 0 radical (unpaired) electrons. The number of para-hydroxylation sites is 2. The van der Waals surface area contributed by atoms with Gasteiger partial charge in [-0.3, -0.25) is 0 Å². The fourth-order valence-electron chi connectivity index (χ4n) is 1.75. The smallest absolute Gasteiger partial charge is 0.394 e. The Kier molecular flexibility index (Phi) is 6.01. The molecular formula is C16H20NO4P. The maximum atomic E-state index is 13.0. The van der Waals surface area contributed by atoms with Crippen LogP contribution in [0.2, 0.25) is 0 Å². The van der Waals surface area contributed by atoms with E-state index in [0.717, 1.165) is 0 Å². The quantitative estimate of drug-likeness (QED) is 0.528. The second kappa shape index (κ2) is 7.99. The van der Waals surface area contributed by atoms with Crippen LogP contribution in [0.3, 0.4) is 0 Å². The summed E-state index contributed by atoms with van der Waals surface area (Å²) in [6, 6.07) is 17.7. The summed E-state index contributed by atoms with van der Waals surface area (Å²) in [5, 5.41) is 1.53. The molecule has 0 aliphatic heterocycles. The summed E-state index contributed by atoms with van der Waals surface area (Å²) in [4.78, 5) is 0. The van der Waals surface area contributed by atoms with Gasteiger partial charge in [0, 0.05) is 13.1 Å². The van der Waals surface area contributed by atoms with Crippen LogP contribution < -0.4 is 9.05 Å². The minimum absolute atomic E-state index is 0.425. The number of hydroxylamine groups is 2. The first-order valence-corrected chi connectivity index (χ1v) is 8.65. The van der Waals surface area contributed by atoms with Crippen molar-refractivity contribution in [2.75, 3.05) is 13.1 Å². The normalized spacial score (nSPS) is 11.4. The summed E-state index contributed by atoms with van der Waals surface area (Å²) in [5.41, 5.74) is 0. The van der Waals surface area contributed by atoms with Gasteiger partial charge < -0.3 is 9.05 Å². The van der Waals surface area contributed by atoms with Gasteiger partial charge in [-0.1, -0.05) is 50.2 Å². The van der Waals surface area contributed by atoms with Crippen molar-refractivity contribution >= 4 is 7.82 Å². The average Bonchev–Trinajstić information content (AvgIpc) is 2.54. The van der Waals surface area contributed by atoms with Crippen LogP contribution in [0.5, 0.6) is 11.5 Å². The molecule has 0 saturated heterocycles. The molecule has 0 N–H and O–H groups in total. The Bertz CT molecular complexity index is 557. The number of phosphoric acid groups is 1. The molecule has 0 fully saturated rings. The highest BCUT2D eigenvalue weighted by Crippen LogP contribution is 2.50. The lowest BCUT2D eigenvalue weighted by Gasteiger charge is -2.24. The first kappa shape index (κ1) is 16.6. The lowest BCUT2D eigenvalue weighted by Crippen LogP contribution is -2.24. The predicted octanol–water partition coefficient (Wildman–Crippen LogP) is 4.53. The Balaban J connectivity index is 2.21. The number of phosphoric ester groups is 1. The van der Waals surface area contributed by atoms with Crippen LogP contribution in [0.1, 0.15) is 13.8 Å². The summed E-state index contributed by atoms with van der Waals surface area (Å²) in [5.74, 6) is 0.850. The minimum atomic E-state index is -3.83. The van der Waals surface area contributed by atoms with Crippen LogP contribution in [0.4, 0.5) is 0 Å². The van der Waals surface area contributed by atoms with E-state index >= 15 is 0 Å². The number of rotatable bonds is 8. The molecule has 0 spiro atoms. The number of hydrogen-bond acceptors (Lipinski definition) is 5. The molecule has 0 saturated carbocycles. The Morgan fingerprint density at radius 2 is 1.23 bits per heavy atom. The van der Waals surface area contributed by atoms with E-state index in [9.17, 15) is 4.57 Å². The molecule has 0 aromatic heterocycles. The molecule has 2 aromatic carbocycles. The maximum Gasteiger partial charge on any atom is 0.604 e. The summed E-state index contributed by atoms with van der Waals surface area (Å²) in [6.45, 7) is 4.94. The second-order valence-electron chi connectivity index (χ2n) is 4.45. The molecule has 0 aliphatic carbocycles. The van der Waals surface area contributed by atoms with Crippen molar-refractivity contribution in [1.82, 2.24) is 5.06 Å². The Hall–Kier alpha value is -1.81. The highest BCUT2D eigenvalue weighted by Gasteiger charge is 2.33. The van der Waals surface area contributed by atoms with Crippen LogP contribution in [0, 0.1) is 0 Å². The van der Waals surface area contributed by atoms with Crippen molar-refractivity contribution in [3.8, 4) is 11.5 Å². The van der Waals surface area contributed by atoms with Gasteiger partial charge in [0.25, 0.3) is 0 Å². The fourth-order valence-corrected chi connectivity index (χ4v) is 3.13. The monoisotopic (exact) mass is 321 g/mol. The van der Waals surface area contributed by atoms with Gasteiger partial charge in [0.15, 0.2) is 0 Å². The van der Waals surface area contributed by atoms with E-state index in [1.807, 2.05) is 26.0 Å². The van der Waals surface area contributed by atoms with Gasteiger partial charge in [0.1, 0.15) is 11.5 Å². The lowest BCUT2D eigenvalue weighted by molar-refractivity contribution is -0.0686. The van der Waals surface area contributed by atoms with E-state index in [0.29, 0.717) is 24.6 Å². The average molecular weight is 321 g/mol. The molecule has 5 nitrogen and oxygen atoms in total. The first-order valence-electron chi connectivity index (χ1n) is 7.19. The van der Waals surface area contributed by atoms with Crippen molar-refractivity contribution in [2.45, 2.75) is 13.8 Å². The third-order valence-corrected chi connectivity index (χ3v) is 4.14. The van der Waals surface area contributed by atoms with E-state index in [2.05, 4.69) is 0 Å². The molecule has 118 valence electrons. The highest BCUT2D eigenvalue weighted by atomic mass is 31.2. The highest BCUT2D eigenvalue weighted by molar-refractivity contribution is 7.49. The van der Waals surface area contributed by atoms with Crippen LogP contribution >= 0.6 is 7.82 Å². The van der Waals surface area contributed by atoms with Crippen molar-refractivity contribution in [3.63, 3.8) is 0 Å². The molecule has 0 bridgehead atoms. The molecule has 0 amide bonds. The van der Waals surface area contributed by atoms with Gasteiger partial charge in [0.05, 0.1) is 0 Å². The summed E-state index contributed by atoms with van der Waals surface area (Å²) in [6.07, 6.45) is 0. The third-order valence-electron chi connectivity index (χ3n) is 2.84. The molecule has 22 heavy (non-hydrogen) atoms. The number of hydrogen-bond donors (Lipinski definition) is 0. The van der Waals surface area contributed by atoms with Crippen LogP contribution in [-0.4, -0.2) is 18.2 Å². The predicted molar refractivity (Wildman–Crippen MR) is 85.8 cm³/mol. The van der Waals surface area contributed by atoms with E-state index < -0.39 is 7.82 Å². The topological polar surface area (TPSA) is 48.0 Å². The maximum absolute atomic E-state index is 13.0. The van der Waals surface area contributed by atoms with Crippen molar-refractivity contribution in [3.05, 3.63) is 60.7 Å². The lowest BCUT2D eigenvalue weighted by atomic mass is 10.3. The number of nitrogens with zero attached hydrogens (tertiary/aromatic N) is 1. The second-order valence-corrected chi connectivity index (χ2v) is 5.87. The molecule has 0 atom stereocenters. The molecule has 0 unspecified atom stereocenters. The van der Waals surface area contributed by atoms with E-state index in [-0.39, 0.29) is 0 Å². The molecule has 6 heteroatoms. The van der Waals surface area contributed by atoms with Gasteiger partial charge in [-0.05, 0) is 24.3 Å². The number of benzene rings is 2. The summed E-state index contributed by atoms with van der Waals surface area (Å²) in [7, 11) is -3.83. The standard InChI is InChI=1S/C16H20NO4P/c1-3-17(4-2)21-22(18,19-15-11-7-5-8-12-15)20-16-13-9-6-10-14-16/h5-14H,3-4H2,1-2H3. The Morgan fingerprint density at radius 3 is 1.59 bits per heavy atom. The fraction of sp³-hybridized carbons (Fsp3) is 0.250. The van der Waals surface area contributed by atoms with Gasteiger partial charge >= 0.3 is 7.82 Å². The zero-order chi connectivity index (χ0) is 15.8. The van der Waals surface area contributed by atoms with Crippen LogP contribution in [0.15, 0.2) is 60.7 Å². The molecule has 2 rings (SSSR count). The van der Waals surface area contributed by atoms with Gasteiger partial charge in [-0.15, -0.1) is 0 Å². The van der Waals surface area contributed by atoms with E-state index in [1.165, 1.54) is 5.06 Å². The SMILES string of the molecule is CCN(CC)OP(=O)(Oc1ccccc1)Oc1ccccc1. The van der Waals surface area contributed by atoms with Gasteiger partial charge in [-0.25, -0.2) is 4.57 Å². The molecule has 0 aliphatic rings. The first-order chi connectivity index (χ1) is 10.6. The molecular weight excluding hydrogens is 301 g/mol. The van der Waals surface area contributed by atoms with Crippen LogP contribution in [0.25, 0.3) is 0 Å². The Morgan fingerprint density at radius 1 is 0.818 bits per heavy atom. The minimum Gasteiger partial charge on any atom is -0.394 e. The summed E-state index contributed by atoms with van der Waals surface area (Å²) >= 11 is 0. The van der Waals surface area contributed by atoms with E-state index in [1.54, 1.807) is 48.5 Å². The van der Waals surface area contributed by atoms with Crippen molar-refractivity contribution in [1.29, 1.82) is 0 Å². The zero-order valence-corrected chi connectivity index (χ0v) is 13.6. The van der Waals surface area contributed by atoms with Gasteiger partial charge in [0.2, 0.25) is 0 Å². The molecule has 0 heterocycles. The zero-order valence-electron chi connectivity index (χ0n) is 12.7. The Labute approximate surface area is 131 Å². The largest absolute Gasteiger partial charge is 0.604 e. The van der Waals surface area contributed by atoms with Crippen LogP contribution in [-0.2, 0) is 9.19 Å².